The number of carbonyl (C=O) groups is 1. The molecular weight excluding hydrogens is 206 g/mol. The van der Waals surface area contributed by atoms with E-state index in [2.05, 4.69) is 5.16 Å². The van der Waals surface area contributed by atoms with E-state index >= 15 is 0 Å². The van der Waals surface area contributed by atoms with Crippen molar-refractivity contribution < 1.29 is 15.1 Å². The van der Waals surface area contributed by atoms with E-state index in [4.69, 9.17) is 5.21 Å². The van der Waals surface area contributed by atoms with Crippen molar-refractivity contribution in [3.63, 3.8) is 0 Å². The molecule has 1 saturated carbocycles. The molecule has 0 aliphatic heterocycles. The zero-order valence-corrected chi connectivity index (χ0v) is 8.76. The van der Waals surface area contributed by atoms with Crippen LogP contribution in [0.25, 0.3) is 0 Å². The highest BCUT2D eigenvalue weighted by Crippen LogP contribution is 2.39. The molecule has 4 heteroatoms. The Morgan fingerprint density at radius 1 is 1.31 bits per heavy atom. The van der Waals surface area contributed by atoms with Crippen LogP contribution in [0.4, 0.5) is 0 Å². The molecule has 0 saturated heterocycles. The highest BCUT2D eigenvalue weighted by atomic mass is 16.4. The number of oxime groups is 1. The Labute approximate surface area is 93.2 Å². The molecular formula is C12H13NO3. The smallest absolute Gasteiger partial charge is 0.314 e. The first kappa shape index (κ1) is 10.7. The van der Waals surface area contributed by atoms with Gasteiger partial charge in [0.25, 0.3) is 0 Å². The minimum atomic E-state index is -0.914. The molecule has 0 spiro atoms. The van der Waals surface area contributed by atoms with Gasteiger partial charge < -0.3 is 10.3 Å². The van der Waals surface area contributed by atoms with Crippen molar-refractivity contribution in [1.29, 1.82) is 0 Å². The Bertz CT molecular complexity index is 427. The molecule has 1 fully saturated rings. The van der Waals surface area contributed by atoms with Crippen LogP contribution in [0.2, 0.25) is 0 Å². The van der Waals surface area contributed by atoms with Gasteiger partial charge in [-0.2, -0.15) is 0 Å². The summed E-state index contributed by atoms with van der Waals surface area (Å²) in [6.45, 7) is 0. The second-order valence-electron chi connectivity index (χ2n) is 4.10. The lowest BCUT2D eigenvalue weighted by Crippen LogP contribution is -2.33. The molecule has 16 heavy (non-hydrogen) atoms. The number of hydrogen-bond donors (Lipinski definition) is 2. The van der Waals surface area contributed by atoms with E-state index in [1.54, 1.807) is 0 Å². The van der Waals surface area contributed by atoms with Crippen LogP contribution < -0.4 is 0 Å². The van der Waals surface area contributed by atoms with E-state index < -0.39 is 11.4 Å². The van der Waals surface area contributed by atoms with Crippen LogP contribution in [-0.4, -0.2) is 22.0 Å². The van der Waals surface area contributed by atoms with Gasteiger partial charge in [0.2, 0.25) is 0 Å². The summed E-state index contributed by atoms with van der Waals surface area (Å²) in [5.41, 5.74) is 0.426. The van der Waals surface area contributed by atoms with Crippen LogP contribution >= 0.6 is 0 Å². The Kier molecular flexibility index (Phi) is 2.64. The Hall–Kier alpha value is -1.84. The highest BCUT2D eigenvalue weighted by Gasteiger charge is 2.45. The Morgan fingerprint density at radius 3 is 2.50 bits per heavy atom. The lowest BCUT2D eigenvalue weighted by atomic mass is 9.79. The molecule has 2 rings (SSSR count). The predicted molar refractivity (Wildman–Crippen MR) is 58.8 cm³/mol. The molecule has 0 aromatic heterocycles. The van der Waals surface area contributed by atoms with Crippen LogP contribution in [0.1, 0.15) is 24.8 Å². The third-order valence-corrected chi connectivity index (χ3v) is 3.22. The molecule has 1 unspecified atom stereocenters. The Balaban J connectivity index is 2.43. The van der Waals surface area contributed by atoms with Gasteiger partial charge in [-0.1, -0.05) is 35.5 Å². The van der Waals surface area contributed by atoms with Crippen LogP contribution in [0.3, 0.4) is 0 Å². The van der Waals surface area contributed by atoms with Crippen molar-refractivity contribution in [1.82, 2.24) is 0 Å². The van der Waals surface area contributed by atoms with Gasteiger partial charge in [-0.15, -0.1) is 0 Å². The molecule has 4 nitrogen and oxygen atoms in total. The van der Waals surface area contributed by atoms with Gasteiger partial charge in [-0.25, -0.2) is 0 Å². The fraction of sp³-hybridized carbons (Fsp3) is 0.333. The quantitative estimate of drug-likeness (QED) is 0.590. The summed E-state index contributed by atoms with van der Waals surface area (Å²) in [7, 11) is 0. The third kappa shape index (κ3) is 1.56. The molecule has 0 radical (unpaired) electrons. The summed E-state index contributed by atoms with van der Waals surface area (Å²) in [5, 5.41) is 21.3. The van der Waals surface area contributed by atoms with Crippen molar-refractivity contribution in [3.8, 4) is 0 Å². The lowest BCUT2D eigenvalue weighted by Gasteiger charge is -2.23. The molecule has 1 aliphatic carbocycles. The number of aliphatic carboxylic acids is 1. The zero-order valence-electron chi connectivity index (χ0n) is 8.76. The molecule has 0 bridgehead atoms. The summed E-state index contributed by atoms with van der Waals surface area (Å²) in [6, 6.07) is 9.14. The molecule has 0 amide bonds. The van der Waals surface area contributed by atoms with E-state index in [0.29, 0.717) is 25.0 Å². The molecule has 2 N–H and O–H groups in total. The summed E-state index contributed by atoms with van der Waals surface area (Å²) >= 11 is 0. The molecule has 1 aromatic carbocycles. The van der Waals surface area contributed by atoms with Gasteiger partial charge in [0.15, 0.2) is 0 Å². The van der Waals surface area contributed by atoms with Gasteiger partial charge in [0, 0.05) is 6.42 Å². The fourth-order valence-corrected chi connectivity index (χ4v) is 2.28. The van der Waals surface area contributed by atoms with Crippen molar-refractivity contribution in [3.05, 3.63) is 35.9 Å². The van der Waals surface area contributed by atoms with E-state index in [9.17, 15) is 9.90 Å². The zero-order chi connectivity index (χ0) is 11.6. The van der Waals surface area contributed by atoms with Crippen LogP contribution in [0, 0.1) is 0 Å². The minimum Gasteiger partial charge on any atom is -0.481 e. The summed E-state index contributed by atoms with van der Waals surface area (Å²) in [5.74, 6) is -0.850. The average Bonchev–Trinajstić information content (AvgIpc) is 2.75. The fourth-order valence-electron chi connectivity index (χ4n) is 2.28. The molecule has 84 valence electrons. The predicted octanol–water partition coefficient (Wildman–Crippen LogP) is 2.02. The number of rotatable bonds is 2. The topological polar surface area (TPSA) is 69.9 Å². The van der Waals surface area contributed by atoms with Gasteiger partial charge in [-0.3, -0.25) is 4.79 Å². The maximum atomic E-state index is 11.4. The SMILES string of the molecule is O=C(O)C1(c2ccccc2)CCC(=NO)C1. The van der Waals surface area contributed by atoms with Crippen LogP contribution in [-0.2, 0) is 10.2 Å². The third-order valence-electron chi connectivity index (χ3n) is 3.22. The Morgan fingerprint density at radius 2 is 2.00 bits per heavy atom. The number of nitrogens with zero attached hydrogens (tertiary/aromatic N) is 1. The second-order valence-corrected chi connectivity index (χ2v) is 4.10. The van der Waals surface area contributed by atoms with Crippen molar-refractivity contribution >= 4 is 11.7 Å². The molecule has 1 atom stereocenters. The van der Waals surface area contributed by atoms with Crippen molar-refractivity contribution in [2.45, 2.75) is 24.7 Å². The van der Waals surface area contributed by atoms with Gasteiger partial charge >= 0.3 is 5.97 Å². The average molecular weight is 219 g/mol. The van der Waals surface area contributed by atoms with E-state index in [1.165, 1.54) is 0 Å². The van der Waals surface area contributed by atoms with Gasteiger partial charge in [-0.05, 0) is 18.4 Å². The minimum absolute atomic E-state index is 0.294. The number of hydrogen-bond acceptors (Lipinski definition) is 3. The maximum Gasteiger partial charge on any atom is 0.314 e. The summed E-state index contributed by atoms with van der Waals surface area (Å²) in [4.78, 5) is 11.4. The standard InChI is InChI=1S/C12H13NO3/c14-11(15)12(7-6-10(8-12)13-16)9-4-2-1-3-5-9/h1-5,16H,6-8H2,(H,14,15). The van der Waals surface area contributed by atoms with Crippen molar-refractivity contribution in [2.75, 3.05) is 0 Å². The van der Waals surface area contributed by atoms with Gasteiger partial charge in [0.1, 0.15) is 0 Å². The van der Waals surface area contributed by atoms with E-state index in [0.717, 1.165) is 5.56 Å². The van der Waals surface area contributed by atoms with Crippen molar-refractivity contribution in [2.24, 2.45) is 5.16 Å². The number of benzene rings is 1. The molecule has 1 aromatic rings. The molecule has 1 aliphatic rings. The summed E-state index contributed by atoms with van der Waals surface area (Å²) in [6.07, 6.45) is 1.33. The van der Waals surface area contributed by atoms with E-state index in [1.807, 2.05) is 30.3 Å². The lowest BCUT2D eigenvalue weighted by molar-refractivity contribution is -0.143. The first-order chi connectivity index (χ1) is 7.69. The summed E-state index contributed by atoms with van der Waals surface area (Å²) < 4.78 is 0. The van der Waals surface area contributed by atoms with Crippen LogP contribution in [0.5, 0.6) is 0 Å². The second kappa shape index (κ2) is 3.96. The monoisotopic (exact) mass is 219 g/mol. The first-order valence-corrected chi connectivity index (χ1v) is 5.18. The highest BCUT2D eigenvalue weighted by molar-refractivity contribution is 5.96. The maximum absolute atomic E-state index is 11.4. The first-order valence-electron chi connectivity index (χ1n) is 5.18. The number of carboxylic acids is 1. The number of carboxylic acid groups (broad SMARTS) is 1. The van der Waals surface area contributed by atoms with Gasteiger partial charge in [0.05, 0.1) is 11.1 Å². The van der Waals surface area contributed by atoms with E-state index in [-0.39, 0.29) is 0 Å². The van der Waals surface area contributed by atoms with Crippen LogP contribution in [0.15, 0.2) is 35.5 Å². The largest absolute Gasteiger partial charge is 0.481 e. The molecule has 0 heterocycles. The normalized spacial score (nSPS) is 27.1.